The zero-order valence-electron chi connectivity index (χ0n) is 13.5. The molecule has 1 fully saturated rings. The second-order valence-electron chi connectivity index (χ2n) is 5.27. The largest absolute Gasteiger partial charge is 0.508 e. The summed E-state index contributed by atoms with van der Waals surface area (Å²) < 4.78 is 0. The lowest BCUT2D eigenvalue weighted by molar-refractivity contribution is -0.384. The molecule has 27 heavy (non-hydrogen) atoms. The molecule has 0 radical (unpaired) electrons. The van der Waals surface area contributed by atoms with E-state index < -0.39 is 4.92 Å². The Morgan fingerprint density at radius 2 is 1.89 bits per heavy atom. The molecule has 0 spiro atoms. The first kappa shape index (κ1) is 18.6. The highest BCUT2D eigenvalue weighted by molar-refractivity contribution is 8.18. The number of thioether (sulfide) groups is 1. The number of nitrogens with one attached hydrogen (secondary N) is 1. The van der Waals surface area contributed by atoms with Gasteiger partial charge in [0.05, 0.1) is 16.0 Å². The van der Waals surface area contributed by atoms with Gasteiger partial charge < -0.3 is 5.11 Å². The molecule has 0 atom stereocenters. The van der Waals surface area contributed by atoms with Crippen LogP contribution in [0.1, 0.15) is 11.1 Å². The normalized spacial score (nSPS) is 17.0. The number of rotatable bonds is 4. The van der Waals surface area contributed by atoms with Gasteiger partial charge in [-0.05, 0) is 41.6 Å². The highest BCUT2D eigenvalue weighted by atomic mass is 35.5. The molecule has 1 heterocycles. The van der Waals surface area contributed by atoms with Crippen molar-refractivity contribution in [3.63, 3.8) is 0 Å². The van der Waals surface area contributed by atoms with Crippen molar-refractivity contribution >= 4 is 52.4 Å². The van der Waals surface area contributed by atoms with E-state index in [2.05, 4.69) is 15.5 Å². The van der Waals surface area contributed by atoms with Crippen molar-refractivity contribution in [2.75, 3.05) is 0 Å². The Morgan fingerprint density at radius 1 is 1.19 bits per heavy atom. The third kappa shape index (κ3) is 4.72. The van der Waals surface area contributed by atoms with E-state index in [0.29, 0.717) is 10.5 Å². The molecule has 136 valence electrons. The minimum atomic E-state index is -0.584. The minimum Gasteiger partial charge on any atom is -0.508 e. The highest BCUT2D eigenvalue weighted by Crippen LogP contribution is 2.27. The third-order valence-electron chi connectivity index (χ3n) is 3.36. The van der Waals surface area contributed by atoms with E-state index in [9.17, 15) is 20.0 Å². The zero-order chi connectivity index (χ0) is 19.4. The smallest absolute Gasteiger partial charge is 0.288 e. The first-order valence-corrected chi connectivity index (χ1v) is 8.67. The molecule has 0 unspecified atom stereocenters. The third-order valence-corrected chi connectivity index (χ3v) is 4.58. The van der Waals surface area contributed by atoms with Crippen molar-refractivity contribution in [3.8, 4) is 5.75 Å². The number of nitro benzene ring substituents is 1. The summed E-state index contributed by atoms with van der Waals surface area (Å²) in [4.78, 5) is 22.7. The molecule has 0 bridgehead atoms. The van der Waals surface area contributed by atoms with Gasteiger partial charge in [0.1, 0.15) is 10.8 Å². The zero-order valence-corrected chi connectivity index (χ0v) is 15.1. The lowest BCUT2D eigenvalue weighted by atomic mass is 10.2. The maximum atomic E-state index is 12.0. The average Bonchev–Trinajstić information content (AvgIpc) is 2.97. The van der Waals surface area contributed by atoms with E-state index in [1.165, 1.54) is 30.5 Å². The summed E-state index contributed by atoms with van der Waals surface area (Å²) >= 11 is 6.86. The molecule has 10 heteroatoms. The summed E-state index contributed by atoms with van der Waals surface area (Å²) in [6.45, 7) is 0. The number of hydrogen-bond acceptors (Lipinski definition) is 7. The van der Waals surface area contributed by atoms with Crippen molar-refractivity contribution in [2.45, 2.75) is 0 Å². The summed E-state index contributed by atoms with van der Waals surface area (Å²) in [5, 5.41) is 30.8. The molecule has 8 nitrogen and oxygen atoms in total. The number of amidine groups is 1. The van der Waals surface area contributed by atoms with Crippen LogP contribution in [-0.2, 0) is 4.79 Å². The lowest BCUT2D eigenvalue weighted by Gasteiger charge is -1.96. The fourth-order valence-corrected chi connectivity index (χ4v) is 3.06. The Labute approximate surface area is 162 Å². The number of hydrogen-bond donors (Lipinski definition) is 2. The predicted molar refractivity (Wildman–Crippen MR) is 105 cm³/mol. The summed E-state index contributed by atoms with van der Waals surface area (Å²) in [7, 11) is 0. The van der Waals surface area contributed by atoms with Crippen LogP contribution in [0.15, 0.2) is 57.6 Å². The van der Waals surface area contributed by atoms with Gasteiger partial charge in [-0.1, -0.05) is 29.8 Å². The van der Waals surface area contributed by atoms with Crippen LogP contribution in [0, 0.1) is 10.1 Å². The molecule has 2 aromatic rings. The van der Waals surface area contributed by atoms with E-state index >= 15 is 0 Å². The Hall–Kier alpha value is -3.17. The van der Waals surface area contributed by atoms with E-state index in [0.717, 1.165) is 17.3 Å². The molecule has 1 amide bonds. The minimum absolute atomic E-state index is 0.0334. The number of carbonyl (C=O) groups is 1. The van der Waals surface area contributed by atoms with Crippen molar-refractivity contribution < 1.29 is 14.8 Å². The molecule has 1 aliphatic rings. The number of nitro groups is 1. The van der Waals surface area contributed by atoms with Crippen LogP contribution < -0.4 is 5.32 Å². The van der Waals surface area contributed by atoms with E-state index in [1.807, 2.05) is 0 Å². The van der Waals surface area contributed by atoms with Gasteiger partial charge in [0.15, 0.2) is 5.17 Å². The molecule has 2 N–H and O–H groups in total. The monoisotopic (exact) mass is 402 g/mol. The number of phenols is 1. The van der Waals surface area contributed by atoms with Gasteiger partial charge in [0.25, 0.3) is 11.6 Å². The molecule has 0 saturated carbocycles. The van der Waals surface area contributed by atoms with Crippen molar-refractivity contribution in [1.82, 2.24) is 5.32 Å². The maximum Gasteiger partial charge on any atom is 0.288 e. The Kier molecular flexibility index (Phi) is 5.53. The van der Waals surface area contributed by atoms with Gasteiger partial charge in [-0.25, -0.2) is 0 Å². The molecular formula is C17H11ClN4O4S. The molecular weight excluding hydrogens is 392 g/mol. The van der Waals surface area contributed by atoms with E-state index in [1.54, 1.807) is 24.3 Å². The highest BCUT2D eigenvalue weighted by Gasteiger charge is 2.23. The van der Waals surface area contributed by atoms with Crippen molar-refractivity contribution in [3.05, 3.63) is 73.6 Å². The second-order valence-corrected chi connectivity index (χ2v) is 6.71. The van der Waals surface area contributed by atoms with Crippen molar-refractivity contribution in [2.24, 2.45) is 10.2 Å². The first-order valence-electron chi connectivity index (χ1n) is 7.47. The number of carbonyl (C=O) groups excluding carboxylic acids is 1. The molecule has 1 aliphatic heterocycles. The number of benzene rings is 2. The second kappa shape index (κ2) is 8.02. The fourth-order valence-electron chi connectivity index (χ4n) is 2.09. The van der Waals surface area contributed by atoms with Crippen molar-refractivity contribution in [1.29, 1.82) is 0 Å². The predicted octanol–water partition coefficient (Wildman–Crippen LogP) is 3.55. The van der Waals surface area contributed by atoms with Gasteiger partial charge >= 0.3 is 0 Å². The standard InChI is InChI=1S/C17H11ClN4O4S/c18-13-6-3-11(7-14(13)22(25)26)9-19-21-17-20-16(24)15(27-17)8-10-1-4-12(23)5-2-10/h1-9,23H,(H,20,21,24)/b15-8-,19-9+. The fraction of sp³-hybridized carbons (Fsp3) is 0. The number of phenolic OH excluding ortho intramolecular Hbond substituents is 1. The van der Waals surface area contributed by atoms with Crippen LogP contribution in [0.3, 0.4) is 0 Å². The lowest BCUT2D eigenvalue weighted by Crippen LogP contribution is -2.19. The molecule has 0 aliphatic carbocycles. The topological polar surface area (TPSA) is 117 Å². The first-order chi connectivity index (χ1) is 12.9. The molecule has 0 aromatic heterocycles. The molecule has 1 saturated heterocycles. The van der Waals surface area contributed by atoms with Crippen LogP contribution >= 0.6 is 23.4 Å². The van der Waals surface area contributed by atoms with Gasteiger partial charge in [-0.3, -0.25) is 20.2 Å². The van der Waals surface area contributed by atoms with Crippen LogP contribution in [0.5, 0.6) is 5.75 Å². The summed E-state index contributed by atoms with van der Waals surface area (Å²) in [5.41, 5.74) is 0.976. The number of nitrogens with zero attached hydrogens (tertiary/aromatic N) is 3. The SMILES string of the molecule is O=C1N/C(=N\N=C\c2ccc(Cl)c([N+](=O)[O-])c2)S/C1=C\c1ccc(O)cc1. The van der Waals surface area contributed by atoms with Gasteiger partial charge in [0, 0.05) is 11.6 Å². The van der Waals surface area contributed by atoms with Gasteiger partial charge in [-0.15, -0.1) is 5.10 Å². The molecule has 3 rings (SSSR count). The summed E-state index contributed by atoms with van der Waals surface area (Å²) in [6.07, 6.45) is 2.99. The quantitative estimate of drug-likeness (QED) is 0.351. The molecule has 2 aromatic carbocycles. The van der Waals surface area contributed by atoms with Crippen LogP contribution in [0.25, 0.3) is 6.08 Å². The Balaban J connectivity index is 1.72. The Bertz CT molecular complexity index is 1000. The summed E-state index contributed by atoms with van der Waals surface area (Å²) in [5.74, 6) is -0.177. The van der Waals surface area contributed by atoms with Crippen LogP contribution in [0.2, 0.25) is 5.02 Å². The van der Waals surface area contributed by atoms with Crippen LogP contribution in [-0.4, -0.2) is 27.3 Å². The summed E-state index contributed by atoms with van der Waals surface area (Å²) in [6, 6.07) is 10.6. The number of amides is 1. The number of aromatic hydroxyl groups is 1. The van der Waals surface area contributed by atoms with E-state index in [4.69, 9.17) is 11.6 Å². The Morgan fingerprint density at radius 3 is 2.59 bits per heavy atom. The van der Waals surface area contributed by atoms with Crippen LogP contribution in [0.4, 0.5) is 5.69 Å². The average molecular weight is 403 g/mol. The maximum absolute atomic E-state index is 12.0. The van der Waals surface area contributed by atoms with E-state index in [-0.39, 0.29) is 27.5 Å². The number of halogens is 1. The van der Waals surface area contributed by atoms with Gasteiger partial charge in [0.2, 0.25) is 0 Å². The van der Waals surface area contributed by atoms with Gasteiger partial charge in [-0.2, -0.15) is 5.10 Å².